The summed E-state index contributed by atoms with van der Waals surface area (Å²) in [5.74, 6) is -0.321. The van der Waals surface area contributed by atoms with Gasteiger partial charge >= 0.3 is 6.18 Å². The van der Waals surface area contributed by atoms with Crippen molar-refractivity contribution in [2.24, 2.45) is 0 Å². The third kappa shape index (κ3) is 4.78. The van der Waals surface area contributed by atoms with Gasteiger partial charge in [-0.15, -0.1) is 0 Å². The number of benzene rings is 1. The lowest BCUT2D eigenvalue weighted by Gasteiger charge is -2.17. The highest BCUT2D eigenvalue weighted by Gasteiger charge is 2.40. The van der Waals surface area contributed by atoms with Gasteiger partial charge in [0.05, 0.1) is 0 Å². The van der Waals surface area contributed by atoms with E-state index < -0.39 is 18.5 Å². The summed E-state index contributed by atoms with van der Waals surface area (Å²) in [6.07, 6.45) is -5.10. The minimum atomic E-state index is -4.53. The molecule has 0 spiro atoms. The second kappa shape index (κ2) is 9.39. The molecule has 2 rings (SSSR count). The van der Waals surface area contributed by atoms with E-state index in [0.29, 0.717) is 15.8 Å². The van der Waals surface area contributed by atoms with Crippen molar-refractivity contribution in [2.75, 3.05) is 20.0 Å². The quantitative estimate of drug-likeness (QED) is 0.770. The fourth-order valence-electron chi connectivity index (χ4n) is 2.36. The lowest BCUT2D eigenvalue weighted by molar-refractivity contribution is -0.164. The van der Waals surface area contributed by atoms with Crippen LogP contribution in [0.2, 0.25) is 0 Å². The fraction of sp³-hybridized carbons (Fsp3) is 0.444. The first-order chi connectivity index (χ1) is 12.7. The molecule has 1 heterocycles. The van der Waals surface area contributed by atoms with E-state index >= 15 is 0 Å². The molecule has 148 valence electrons. The first-order valence-corrected chi connectivity index (χ1v) is 8.25. The van der Waals surface area contributed by atoms with Crippen molar-refractivity contribution < 1.29 is 22.6 Å². The van der Waals surface area contributed by atoms with Gasteiger partial charge in [0.2, 0.25) is 0 Å². The minimum Gasteiger partial charge on any atom is -0.383 e. The SMILES string of the molecule is CC.COC(OC)c1ccc(-c2nn(C(C)C(F)(F)F)c(N)c2C#N)cc1. The third-order valence-corrected chi connectivity index (χ3v) is 3.78. The van der Waals surface area contributed by atoms with E-state index in [1.807, 2.05) is 19.9 Å². The maximum atomic E-state index is 13.0. The Bertz CT molecular complexity index is 776. The summed E-state index contributed by atoms with van der Waals surface area (Å²) >= 11 is 0. The third-order valence-electron chi connectivity index (χ3n) is 3.78. The molecule has 6 nitrogen and oxygen atoms in total. The predicted octanol–water partition coefficient (Wildman–Crippen LogP) is 4.44. The van der Waals surface area contributed by atoms with Crippen molar-refractivity contribution in [3.05, 3.63) is 35.4 Å². The van der Waals surface area contributed by atoms with Gasteiger partial charge in [0.1, 0.15) is 29.2 Å². The molecule has 0 saturated heterocycles. The number of alkyl halides is 3. The first-order valence-electron chi connectivity index (χ1n) is 8.25. The van der Waals surface area contributed by atoms with Crippen LogP contribution in [-0.2, 0) is 9.47 Å². The summed E-state index contributed by atoms with van der Waals surface area (Å²) in [7, 11) is 2.97. The summed E-state index contributed by atoms with van der Waals surface area (Å²) in [6.45, 7) is 4.93. The molecule has 1 unspecified atom stereocenters. The molecule has 0 bridgehead atoms. The molecule has 0 saturated carbocycles. The average molecular weight is 384 g/mol. The number of nitrogens with zero attached hydrogens (tertiary/aromatic N) is 3. The fourth-order valence-corrected chi connectivity index (χ4v) is 2.36. The van der Waals surface area contributed by atoms with Crippen LogP contribution in [-0.4, -0.2) is 30.2 Å². The summed E-state index contributed by atoms with van der Waals surface area (Å²) in [5, 5.41) is 13.2. The highest BCUT2D eigenvalue weighted by molar-refractivity contribution is 5.72. The molecule has 9 heteroatoms. The maximum Gasteiger partial charge on any atom is 0.410 e. The van der Waals surface area contributed by atoms with Gasteiger partial charge in [-0.3, -0.25) is 0 Å². The number of aromatic nitrogens is 2. The number of nitriles is 1. The standard InChI is InChI=1S/C16H17F3N4O2.C2H6/c1-9(16(17,18)19)23-14(21)12(8-20)13(22-23)10-4-6-11(7-5-10)15(24-2)25-3;1-2/h4-7,9,15H,21H2,1-3H3;1-2H3. The lowest BCUT2D eigenvalue weighted by atomic mass is 10.1. The molecule has 0 radical (unpaired) electrons. The van der Waals surface area contributed by atoms with E-state index in [1.54, 1.807) is 24.3 Å². The van der Waals surface area contributed by atoms with E-state index in [4.69, 9.17) is 15.2 Å². The van der Waals surface area contributed by atoms with Crippen molar-refractivity contribution in [1.82, 2.24) is 9.78 Å². The van der Waals surface area contributed by atoms with E-state index in [9.17, 15) is 18.4 Å². The molecular weight excluding hydrogens is 361 g/mol. The van der Waals surface area contributed by atoms with Crippen molar-refractivity contribution in [1.29, 1.82) is 5.26 Å². The number of ether oxygens (including phenoxy) is 2. The second-order valence-corrected chi connectivity index (χ2v) is 5.31. The molecule has 0 aliphatic heterocycles. The molecule has 2 aromatic rings. The normalized spacial score (nSPS) is 12.3. The van der Waals surface area contributed by atoms with Crippen LogP contribution >= 0.6 is 0 Å². The summed E-state index contributed by atoms with van der Waals surface area (Å²) in [5.41, 5.74) is 6.88. The minimum absolute atomic E-state index is 0.0917. The number of methoxy groups -OCH3 is 2. The topological polar surface area (TPSA) is 86.1 Å². The molecule has 1 aromatic carbocycles. The van der Waals surface area contributed by atoms with Gasteiger partial charge in [-0.2, -0.15) is 23.5 Å². The van der Waals surface area contributed by atoms with Gasteiger partial charge in [-0.25, -0.2) is 4.68 Å². The molecule has 0 amide bonds. The molecular formula is C18H23F3N4O2. The van der Waals surface area contributed by atoms with Crippen molar-refractivity contribution in [3.8, 4) is 17.3 Å². The Kier molecular flexibility index (Phi) is 7.82. The van der Waals surface area contributed by atoms with Crippen LogP contribution in [0, 0.1) is 11.3 Å². The largest absolute Gasteiger partial charge is 0.410 e. The zero-order chi connectivity index (χ0) is 20.8. The summed E-state index contributed by atoms with van der Waals surface area (Å²) < 4.78 is 49.7. The Morgan fingerprint density at radius 2 is 1.67 bits per heavy atom. The first kappa shape index (κ1) is 22.5. The number of nitrogen functional groups attached to an aromatic ring is 1. The Balaban J connectivity index is 0.00000176. The van der Waals surface area contributed by atoms with Crippen LogP contribution < -0.4 is 5.73 Å². The van der Waals surface area contributed by atoms with Gasteiger partial charge in [0.25, 0.3) is 0 Å². The van der Waals surface area contributed by atoms with Gasteiger partial charge < -0.3 is 15.2 Å². The van der Waals surface area contributed by atoms with Crippen LogP contribution in [0.5, 0.6) is 0 Å². The number of nitrogens with two attached hydrogens (primary N) is 1. The number of rotatable bonds is 5. The Hall–Kier alpha value is -2.57. The number of halogens is 3. The van der Waals surface area contributed by atoms with Crippen molar-refractivity contribution in [2.45, 2.75) is 39.3 Å². The highest BCUT2D eigenvalue weighted by Crippen LogP contribution is 2.35. The van der Waals surface area contributed by atoms with Crippen LogP contribution in [0.1, 0.15) is 44.2 Å². The zero-order valence-corrected chi connectivity index (χ0v) is 15.8. The molecule has 0 aliphatic carbocycles. The second-order valence-electron chi connectivity index (χ2n) is 5.31. The highest BCUT2D eigenvalue weighted by atomic mass is 19.4. The van der Waals surface area contributed by atoms with Crippen molar-refractivity contribution in [3.63, 3.8) is 0 Å². The predicted molar refractivity (Wildman–Crippen MR) is 95.7 cm³/mol. The maximum absolute atomic E-state index is 13.0. The zero-order valence-electron chi connectivity index (χ0n) is 15.8. The number of hydrogen-bond acceptors (Lipinski definition) is 5. The molecule has 2 N–H and O–H groups in total. The van der Waals surface area contributed by atoms with E-state index in [2.05, 4.69) is 5.10 Å². The Labute approximate surface area is 156 Å². The Morgan fingerprint density at radius 1 is 1.15 bits per heavy atom. The van der Waals surface area contributed by atoms with E-state index in [-0.39, 0.29) is 17.1 Å². The summed E-state index contributed by atoms with van der Waals surface area (Å²) in [4.78, 5) is 0. The Morgan fingerprint density at radius 3 is 2.07 bits per heavy atom. The van der Waals surface area contributed by atoms with Gasteiger partial charge in [0, 0.05) is 25.3 Å². The number of anilines is 1. The van der Waals surface area contributed by atoms with Crippen LogP contribution in [0.3, 0.4) is 0 Å². The van der Waals surface area contributed by atoms with Gasteiger partial charge in [-0.1, -0.05) is 38.1 Å². The number of hydrogen-bond donors (Lipinski definition) is 1. The molecule has 27 heavy (non-hydrogen) atoms. The van der Waals surface area contributed by atoms with Crippen LogP contribution in [0.25, 0.3) is 11.3 Å². The van der Waals surface area contributed by atoms with E-state index in [0.717, 1.165) is 6.92 Å². The van der Waals surface area contributed by atoms with Crippen LogP contribution in [0.4, 0.5) is 19.0 Å². The smallest absolute Gasteiger partial charge is 0.383 e. The average Bonchev–Trinajstić information content (AvgIpc) is 2.99. The van der Waals surface area contributed by atoms with Crippen LogP contribution in [0.15, 0.2) is 24.3 Å². The summed E-state index contributed by atoms with van der Waals surface area (Å²) in [6, 6.07) is 6.47. The van der Waals surface area contributed by atoms with Gasteiger partial charge in [0.15, 0.2) is 6.29 Å². The lowest BCUT2D eigenvalue weighted by Crippen LogP contribution is -2.25. The van der Waals surface area contributed by atoms with Gasteiger partial charge in [-0.05, 0) is 6.92 Å². The molecule has 1 aromatic heterocycles. The molecule has 1 atom stereocenters. The molecule has 0 aliphatic rings. The monoisotopic (exact) mass is 384 g/mol. The molecule has 0 fully saturated rings. The van der Waals surface area contributed by atoms with Crippen molar-refractivity contribution >= 4 is 5.82 Å². The van der Waals surface area contributed by atoms with E-state index in [1.165, 1.54) is 14.2 Å².